The predicted molar refractivity (Wildman–Crippen MR) is 108 cm³/mol. The molecular weight excluding hydrogens is 483 g/mol. The number of carbonyl (C=O) groups is 1. The van der Waals surface area contributed by atoms with E-state index in [4.69, 9.17) is 16.3 Å². The molecule has 1 aromatic rings. The third-order valence-electron chi connectivity index (χ3n) is 2.73. The first-order valence-corrected chi connectivity index (χ1v) is 7.88. The SMILES string of the molecule is CN=C(NCC(=O)OC(C)(C)C)NCc1cc(Cl)ccc1OC(F)F.I. The smallest absolute Gasteiger partial charge is 0.387 e. The molecule has 0 aliphatic rings. The Bertz CT molecular complexity index is 625. The van der Waals surface area contributed by atoms with E-state index >= 15 is 0 Å². The van der Waals surface area contributed by atoms with Crippen molar-refractivity contribution in [2.75, 3.05) is 13.6 Å². The van der Waals surface area contributed by atoms with E-state index in [2.05, 4.69) is 20.4 Å². The van der Waals surface area contributed by atoms with Crippen LogP contribution >= 0.6 is 35.6 Å². The summed E-state index contributed by atoms with van der Waals surface area (Å²) in [5.74, 6) is -0.136. The lowest BCUT2D eigenvalue weighted by Crippen LogP contribution is -2.41. The number of aliphatic imine (C=N–C) groups is 1. The van der Waals surface area contributed by atoms with Gasteiger partial charge in [0, 0.05) is 24.2 Å². The van der Waals surface area contributed by atoms with Gasteiger partial charge in [0.25, 0.3) is 0 Å². The summed E-state index contributed by atoms with van der Waals surface area (Å²) < 4.78 is 34.5. The fourth-order valence-corrected chi connectivity index (χ4v) is 2.02. The number of nitrogens with zero attached hydrogens (tertiary/aromatic N) is 1. The highest BCUT2D eigenvalue weighted by Crippen LogP contribution is 2.24. The van der Waals surface area contributed by atoms with Crippen LogP contribution < -0.4 is 15.4 Å². The monoisotopic (exact) mass is 505 g/mol. The van der Waals surface area contributed by atoms with Gasteiger partial charge in [0.05, 0.1) is 0 Å². The molecule has 26 heavy (non-hydrogen) atoms. The lowest BCUT2D eigenvalue weighted by Gasteiger charge is -2.20. The molecule has 10 heteroatoms. The number of rotatable bonds is 6. The summed E-state index contributed by atoms with van der Waals surface area (Å²) in [6, 6.07) is 4.33. The molecule has 1 rings (SSSR count). The van der Waals surface area contributed by atoms with Crippen LogP contribution in [0.5, 0.6) is 5.75 Å². The van der Waals surface area contributed by atoms with Crippen molar-refractivity contribution in [3.63, 3.8) is 0 Å². The zero-order valence-electron chi connectivity index (χ0n) is 14.9. The summed E-state index contributed by atoms with van der Waals surface area (Å²) in [5.41, 5.74) is -0.161. The van der Waals surface area contributed by atoms with E-state index in [1.54, 1.807) is 20.8 Å². The quantitative estimate of drug-likeness (QED) is 0.268. The Morgan fingerprint density at radius 3 is 2.50 bits per heavy atom. The highest BCUT2D eigenvalue weighted by molar-refractivity contribution is 14.0. The van der Waals surface area contributed by atoms with E-state index in [0.29, 0.717) is 16.5 Å². The van der Waals surface area contributed by atoms with Crippen LogP contribution in [-0.4, -0.2) is 37.7 Å². The molecule has 0 radical (unpaired) electrons. The predicted octanol–water partition coefficient (Wildman–Crippen LogP) is 3.57. The van der Waals surface area contributed by atoms with Crippen LogP contribution in [-0.2, 0) is 16.1 Å². The molecule has 1 aromatic carbocycles. The molecule has 6 nitrogen and oxygen atoms in total. The van der Waals surface area contributed by atoms with Crippen molar-refractivity contribution in [1.82, 2.24) is 10.6 Å². The average Bonchev–Trinajstić information content (AvgIpc) is 2.47. The highest BCUT2D eigenvalue weighted by Gasteiger charge is 2.16. The first kappa shape index (κ1) is 24.6. The maximum absolute atomic E-state index is 12.4. The number of hydrogen-bond donors (Lipinski definition) is 2. The standard InChI is InChI=1S/C16H22ClF2N3O3.HI/c1-16(2,3)25-13(23)9-22-15(20-4)21-8-10-7-11(17)5-6-12(10)24-14(18)19;/h5-7,14H,8-9H2,1-4H3,(H2,20,21,22);1H. The van der Waals surface area contributed by atoms with Crippen molar-refractivity contribution < 1.29 is 23.0 Å². The minimum Gasteiger partial charge on any atom is -0.459 e. The summed E-state index contributed by atoms with van der Waals surface area (Å²) in [6.45, 7) is 2.39. The molecule has 0 heterocycles. The number of alkyl halides is 2. The molecular formula is C16H23ClF2IN3O3. The van der Waals surface area contributed by atoms with Gasteiger partial charge >= 0.3 is 12.6 Å². The van der Waals surface area contributed by atoms with Gasteiger partial charge in [-0.2, -0.15) is 8.78 Å². The Morgan fingerprint density at radius 1 is 1.31 bits per heavy atom. The molecule has 0 bridgehead atoms. The van der Waals surface area contributed by atoms with Crippen molar-refractivity contribution in [3.8, 4) is 5.75 Å². The van der Waals surface area contributed by atoms with Gasteiger partial charge in [-0.3, -0.25) is 9.79 Å². The number of hydrogen-bond acceptors (Lipinski definition) is 4. The van der Waals surface area contributed by atoms with Crippen molar-refractivity contribution in [2.45, 2.75) is 39.5 Å². The van der Waals surface area contributed by atoms with Gasteiger partial charge in [-0.1, -0.05) is 11.6 Å². The summed E-state index contributed by atoms with van der Waals surface area (Å²) >= 11 is 5.89. The Balaban J connectivity index is 0.00000625. The van der Waals surface area contributed by atoms with Crippen LogP contribution in [0.2, 0.25) is 5.02 Å². The third kappa shape index (κ3) is 9.95. The lowest BCUT2D eigenvalue weighted by molar-refractivity contribution is -0.153. The van der Waals surface area contributed by atoms with Gasteiger partial charge in [-0.15, -0.1) is 24.0 Å². The Kier molecular flexibility index (Phi) is 10.8. The van der Waals surface area contributed by atoms with Gasteiger partial charge in [0.2, 0.25) is 0 Å². The summed E-state index contributed by atoms with van der Waals surface area (Å²) in [5, 5.41) is 6.06. The third-order valence-corrected chi connectivity index (χ3v) is 2.96. The lowest BCUT2D eigenvalue weighted by atomic mass is 10.2. The van der Waals surface area contributed by atoms with Gasteiger partial charge in [0.15, 0.2) is 5.96 Å². The van der Waals surface area contributed by atoms with Gasteiger partial charge in [0.1, 0.15) is 17.9 Å². The van der Waals surface area contributed by atoms with E-state index < -0.39 is 18.2 Å². The van der Waals surface area contributed by atoms with Crippen LogP contribution in [0.15, 0.2) is 23.2 Å². The molecule has 0 aromatic heterocycles. The highest BCUT2D eigenvalue weighted by atomic mass is 127. The van der Waals surface area contributed by atoms with E-state index in [9.17, 15) is 13.6 Å². The number of nitrogens with one attached hydrogen (secondary N) is 2. The Hall–Kier alpha value is -1.36. The Labute approximate surface area is 173 Å². The van der Waals surface area contributed by atoms with Crippen molar-refractivity contribution in [1.29, 1.82) is 0 Å². The molecule has 148 valence electrons. The molecule has 2 N–H and O–H groups in total. The van der Waals surface area contributed by atoms with Crippen LogP contribution in [0.4, 0.5) is 8.78 Å². The topological polar surface area (TPSA) is 72.0 Å². The number of benzene rings is 1. The van der Waals surface area contributed by atoms with E-state index in [1.807, 2.05) is 0 Å². The second kappa shape index (κ2) is 11.4. The summed E-state index contributed by atoms with van der Waals surface area (Å²) in [6.07, 6.45) is 0. The largest absolute Gasteiger partial charge is 0.459 e. The second-order valence-corrected chi connectivity index (χ2v) is 6.43. The first-order chi connectivity index (χ1) is 11.6. The molecule has 0 fully saturated rings. The molecule has 0 aliphatic carbocycles. The van der Waals surface area contributed by atoms with Gasteiger partial charge < -0.3 is 20.1 Å². The second-order valence-electron chi connectivity index (χ2n) is 6.00. The maximum Gasteiger partial charge on any atom is 0.387 e. The van der Waals surface area contributed by atoms with Crippen LogP contribution in [0, 0.1) is 0 Å². The average molecular weight is 506 g/mol. The van der Waals surface area contributed by atoms with Crippen LogP contribution in [0.25, 0.3) is 0 Å². The van der Waals surface area contributed by atoms with Crippen molar-refractivity contribution in [2.24, 2.45) is 4.99 Å². The van der Waals surface area contributed by atoms with Crippen LogP contribution in [0.1, 0.15) is 26.3 Å². The normalized spacial score (nSPS) is 11.6. The fraction of sp³-hybridized carbons (Fsp3) is 0.500. The summed E-state index contributed by atoms with van der Waals surface area (Å²) in [7, 11) is 1.51. The molecule has 0 saturated heterocycles. The zero-order chi connectivity index (χ0) is 19.0. The zero-order valence-corrected chi connectivity index (χ0v) is 18.0. The van der Waals surface area contributed by atoms with Crippen LogP contribution in [0.3, 0.4) is 0 Å². The number of carbonyl (C=O) groups excluding carboxylic acids is 1. The minimum absolute atomic E-state index is 0. The van der Waals surface area contributed by atoms with E-state index in [1.165, 1.54) is 25.2 Å². The molecule has 0 spiro atoms. The van der Waals surface area contributed by atoms with Crippen molar-refractivity contribution in [3.05, 3.63) is 28.8 Å². The number of halogens is 4. The Morgan fingerprint density at radius 2 is 1.96 bits per heavy atom. The molecule has 0 atom stereocenters. The number of esters is 1. The maximum atomic E-state index is 12.4. The molecule has 0 saturated carbocycles. The first-order valence-electron chi connectivity index (χ1n) is 7.50. The summed E-state index contributed by atoms with van der Waals surface area (Å²) in [4.78, 5) is 15.6. The van der Waals surface area contributed by atoms with E-state index in [-0.39, 0.29) is 42.8 Å². The molecule has 0 aliphatic heterocycles. The number of guanidine groups is 1. The van der Waals surface area contributed by atoms with Gasteiger partial charge in [-0.25, -0.2) is 0 Å². The minimum atomic E-state index is -2.94. The van der Waals surface area contributed by atoms with E-state index in [0.717, 1.165) is 0 Å². The van der Waals surface area contributed by atoms with Gasteiger partial charge in [-0.05, 0) is 39.0 Å². The van der Waals surface area contributed by atoms with Crippen molar-refractivity contribution >= 4 is 47.5 Å². The molecule has 0 unspecified atom stereocenters. The fourth-order valence-electron chi connectivity index (χ4n) is 1.83. The number of ether oxygens (including phenoxy) is 2. The molecule has 0 amide bonds.